The largest absolute Gasteiger partial charge is 0.466 e. The van der Waals surface area contributed by atoms with Crippen molar-refractivity contribution in [2.24, 2.45) is 46.3 Å². The van der Waals surface area contributed by atoms with E-state index in [9.17, 15) is 50.8 Å². The highest BCUT2D eigenvalue weighted by atomic mass is 16.8. The van der Waals surface area contributed by atoms with Crippen LogP contribution in [0.25, 0.3) is 0 Å². The van der Waals surface area contributed by atoms with Crippen LogP contribution in [0.4, 0.5) is 0 Å². The molecule has 380 valence electrons. The normalized spacial score (nSPS) is 54.2. The van der Waals surface area contributed by atoms with Crippen molar-refractivity contribution >= 4 is 5.97 Å². The lowest BCUT2D eigenvalue weighted by atomic mass is 9.44. The molecule has 19 heteroatoms. The summed E-state index contributed by atoms with van der Waals surface area (Å²) in [6, 6.07) is 0. The molecule has 8 aliphatic rings. The summed E-state index contributed by atoms with van der Waals surface area (Å²) >= 11 is 0. The Bertz CT molecular complexity index is 1680. The van der Waals surface area contributed by atoms with Gasteiger partial charge in [-0.05, 0) is 99.7 Å². The number of methoxy groups -OCH3 is 1. The van der Waals surface area contributed by atoms with E-state index in [1.165, 1.54) is 13.8 Å². The first kappa shape index (κ1) is 51.2. The van der Waals surface area contributed by atoms with Crippen molar-refractivity contribution in [1.82, 2.24) is 0 Å². The summed E-state index contributed by atoms with van der Waals surface area (Å²) in [6.45, 7) is 10.9. The highest BCUT2D eigenvalue weighted by molar-refractivity contribution is 5.65. The summed E-state index contributed by atoms with van der Waals surface area (Å²) in [7, 11) is 1.66. The smallest absolute Gasteiger partial charge is 0.302 e. The third kappa shape index (κ3) is 8.62. The van der Waals surface area contributed by atoms with E-state index < -0.39 is 111 Å². The first-order chi connectivity index (χ1) is 31.1. The minimum Gasteiger partial charge on any atom is -0.466 e. The fourth-order valence-electron chi connectivity index (χ4n) is 14.3. The number of aliphatic hydroxyl groups is 9. The number of aliphatic hydroxyl groups excluding tert-OH is 8. The van der Waals surface area contributed by atoms with E-state index in [0.29, 0.717) is 44.1 Å². The van der Waals surface area contributed by atoms with Gasteiger partial charge in [0.05, 0.1) is 38.1 Å². The maximum Gasteiger partial charge on any atom is 0.302 e. The Hall–Kier alpha value is -1.21. The molecule has 26 unspecified atom stereocenters. The SMILES string of the molecule is COC1(CCC(C)COC(C)=O)OC2CC3C4CCC5CC(OC6OC(CO)C(O)C(OC7OCC(O)C(O)C7O)C6OC6OC(C)C(O)C(O)C6O)CCC5(C)C4CCC3(C)C2(O)C1C. The fourth-order valence-corrected chi connectivity index (χ4v) is 14.3. The Morgan fingerprint density at radius 3 is 2.20 bits per heavy atom. The minimum atomic E-state index is -1.74. The summed E-state index contributed by atoms with van der Waals surface area (Å²) in [5.41, 5.74) is -1.50. The zero-order valence-corrected chi connectivity index (χ0v) is 39.5. The van der Waals surface area contributed by atoms with Crippen molar-refractivity contribution in [2.45, 2.75) is 215 Å². The molecular weight excluding hydrogens is 868 g/mol. The van der Waals surface area contributed by atoms with Gasteiger partial charge in [-0.1, -0.05) is 27.7 Å². The molecule has 8 fully saturated rings. The summed E-state index contributed by atoms with van der Waals surface area (Å²) in [5.74, 6) is -0.138. The van der Waals surface area contributed by atoms with E-state index >= 15 is 0 Å². The van der Waals surface area contributed by atoms with Crippen LogP contribution in [0.5, 0.6) is 0 Å². The van der Waals surface area contributed by atoms with Gasteiger partial charge in [-0.3, -0.25) is 4.79 Å². The van der Waals surface area contributed by atoms with Crippen LogP contribution < -0.4 is 0 Å². The Morgan fingerprint density at radius 1 is 0.788 bits per heavy atom. The van der Waals surface area contributed by atoms with E-state index in [4.69, 9.17) is 42.6 Å². The summed E-state index contributed by atoms with van der Waals surface area (Å²) < 4.78 is 55.0. The molecular formula is C47H78O19. The first-order valence-electron chi connectivity index (χ1n) is 24.5. The van der Waals surface area contributed by atoms with Gasteiger partial charge in [-0.2, -0.15) is 0 Å². The predicted molar refractivity (Wildman–Crippen MR) is 227 cm³/mol. The number of ether oxygens (including phenoxy) is 9. The van der Waals surface area contributed by atoms with Crippen molar-refractivity contribution in [3.63, 3.8) is 0 Å². The zero-order valence-electron chi connectivity index (χ0n) is 39.5. The molecule has 8 rings (SSSR count). The van der Waals surface area contributed by atoms with Crippen LogP contribution >= 0.6 is 0 Å². The van der Waals surface area contributed by atoms with Crippen molar-refractivity contribution < 1.29 is 93.4 Å². The number of rotatable bonds is 13. The van der Waals surface area contributed by atoms with Crippen LogP contribution in [-0.4, -0.2) is 188 Å². The van der Waals surface area contributed by atoms with Crippen LogP contribution in [0.15, 0.2) is 0 Å². The second kappa shape index (κ2) is 19.4. The second-order valence-corrected chi connectivity index (χ2v) is 21.8. The lowest BCUT2D eigenvalue weighted by Gasteiger charge is -2.62. The van der Waals surface area contributed by atoms with Gasteiger partial charge in [-0.15, -0.1) is 0 Å². The quantitative estimate of drug-likeness (QED) is 0.0883. The second-order valence-electron chi connectivity index (χ2n) is 21.8. The maximum absolute atomic E-state index is 13.0. The molecule has 9 N–H and O–H groups in total. The lowest BCUT2D eigenvalue weighted by Crippen LogP contribution is -2.66. The van der Waals surface area contributed by atoms with Gasteiger partial charge < -0.3 is 88.6 Å². The molecule has 0 aromatic heterocycles. The molecule has 19 nitrogen and oxygen atoms in total. The molecule has 0 aromatic carbocycles. The molecule has 0 radical (unpaired) electrons. The summed E-state index contributed by atoms with van der Waals surface area (Å²) in [4.78, 5) is 11.4. The third-order valence-corrected chi connectivity index (χ3v) is 18.4. The third-order valence-electron chi connectivity index (χ3n) is 18.4. The Morgan fingerprint density at radius 2 is 1.50 bits per heavy atom. The standard InChI is InChI=1S/C47H78O19/c1-21(19-59-24(4)49)10-15-46(58-7)23(3)47(57)32(66-46)17-29-27-9-8-25-16-26(11-13-44(25,5)28(27)12-14-45(29,47)6)62-43-40(65-42-38(56)36(54)33(51)22(2)61-42)39(35(53)31(18-48)63-43)64-41-37(55)34(52)30(50)20-60-41/h21-23,25-43,48,50-57H,8-20H2,1-7H3. The molecule has 4 aliphatic carbocycles. The van der Waals surface area contributed by atoms with Crippen molar-refractivity contribution in [3.05, 3.63) is 0 Å². The maximum atomic E-state index is 13.0. The van der Waals surface area contributed by atoms with Gasteiger partial charge in [-0.25, -0.2) is 0 Å². The number of carbonyl (C=O) groups is 1. The highest BCUT2D eigenvalue weighted by Gasteiger charge is 2.76. The molecule has 0 spiro atoms. The van der Waals surface area contributed by atoms with Gasteiger partial charge in [0.2, 0.25) is 0 Å². The zero-order chi connectivity index (χ0) is 47.8. The number of fused-ring (bicyclic) bond motifs is 7. The van der Waals surface area contributed by atoms with Gasteiger partial charge in [0, 0.05) is 31.8 Å². The lowest BCUT2D eigenvalue weighted by molar-refractivity contribution is -0.391. The van der Waals surface area contributed by atoms with Gasteiger partial charge in [0.25, 0.3) is 0 Å². The molecule has 66 heavy (non-hydrogen) atoms. The predicted octanol–water partition coefficient (Wildman–Crippen LogP) is 0.227. The van der Waals surface area contributed by atoms with Crippen LogP contribution in [0, 0.1) is 46.3 Å². The van der Waals surface area contributed by atoms with Crippen LogP contribution in [0.2, 0.25) is 0 Å². The minimum absolute atomic E-state index is 0.0307. The number of hydrogen-bond acceptors (Lipinski definition) is 19. The fraction of sp³-hybridized carbons (Fsp3) is 0.979. The topological polar surface area (TPSA) is 282 Å². The van der Waals surface area contributed by atoms with Crippen LogP contribution in [0.1, 0.15) is 106 Å². The number of hydrogen-bond donors (Lipinski definition) is 9. The molecule has 0 bridgehead atoms. The van der Waals surface area contributed by atoms with Crippen molar-refractivity contribution in [3.8, 4) is 0 Å². The van der Waals surface area contributed by atoms with E-state index in [1.54, 1.807) is 7.11 Å². The molecule has 4 saturated carbocycles. The molecule has 26 atom stereocenters. The molecule has 4 aliphatic heterocycles. The average Bonchev–Trinajstić information content (AvgIpc) is 3.65. The van der Waals surface area contributed by atoms with Crippen LogP contribution in [-0.2, 0) is 47.4 Å². The van der Waals surface area contributed by atoms with E-state index in [-0.39, 0.29) is 52.7 Å². The molecule has 4 saturated heterocycles. The van der Waals surface area contributed by atoms with E-state index in [1.807, 2.05) is 6.92 Å². The summed E-state index contributed by atoms with van der Waals surface area (Å²) in [5, 5.41) is 98.3. The Balaban J connectivity index is 0.973. The number of esters is 1. The van der Waals surface area contributed by atoms with Crippen LogP contribution in [0.3, 0.4) is 0 Å². The number of carbonyl (C=O) groups excluding carboxylic acids is 1. The van der Waals surface area contributed by atoms with Crippen molar-refractivity contribution in [2.75, 3.05) is 26.9 Å². The van der Waals surface area contributed by atoms with Gasteiger partial charge in [0.1, 0.15) is 66.6 Å². The Kier molecular flexibility index (Phi) is 15.1. The summed E-state index contributed by atoms with van der Waals surface area (Å²) in [6.07, 6.45) is -13.7. The average molecular weight is 947 g/mol. The van der Waals surface area contributed by atoms with Gasteiger partial charge in [0.15, 0.2) is 24.7 Å². The Labute approximate surface area is 387 Å². The molecule has 4 heterocycles. The van der Waals surface area contributed by atoms with Crippen molar-refractivity contribution in [1.29, 1.82) is 0 Å². The first-order valence-corrected chi connectivity index (χ1v) is 24.5. The monoisotopic (exact) mass is 947 g/mol. The molecule has 0 amide bonds. The van der Waals surface area contributed by atoms with E-state index in [0.717, 1.165) is 38.5 Å². The van der Waals surface area contributed by atoms with E-state index in [2.05, 4.69) is 20.8 Å². The highest BCUT2D eigenvalue weighted by Crippen LogP contribution is 2.72. The van der Waals surface area contributed by atoms with Gasteiger partial charge >= 0.3 is 5.97 Å². The molecule has 0 aromatic rings.